The average molecular weight is 417 g/mol. The van der Waals surface area contributed by atoms with Gasteiger partial charge >= 0.3 is 0 Å². The molecule has 0 spiro atoms. The second-order valence-electron chi connectivity index (χ2n) is 4.70. The van der Waals surface area contributed by atoms with Gasteiger partial charge in [-0.15, -0.1) is 4.83 Å². The molecule has 0 saturated carbocycles. The maximum atomic E-state index is 13.6. The first kappa shape index (κ1) is 20.0. The molecule has 142 valence electrons. The quantitative estimate of drug-likeness (QED) is 0.294. The molecule has 0 fully saturated rings. The monoisotopic (exact) mass is 417 g/mol. The van der Waals surface area contributed by atoms with Gasteiger partial charge in [-0.2, -0.15) is 0 Å². The van der Waals surface area contributed by atoms with Crippen molar-refractivity contribution in [3.05, 3.63) is 53.4 Å². The first-order chi connectivity index (χ1) is 11.9. The summed E-state index contributed by atoms with van der Waals surface area (Å²) in [7, 11) is -9.24. The van der Waals surface area contributed by atoms with E-state index in [0.717, 1.165) is 24.3 Å². The molecule has 0 saturated heterocycles. The third kappa shape index (κ3) is 3.77. The van der Waals surface area contributed by atoms with Gasteiger partial charge in [0.25, 0.3) is 10.0 Å². The van der Waals surface area contributed by atoms with E-state index >= 15 is 0 Å². The van der Waals surface area contributed by atoms with E-state index in [-0.39, 0.29) is 10.6 Å². The molecule has 2 aromatic rings. The highest BCUT2D eigenvalue weighted by atomic mass is 32.2. The van der Waals surface area contributed by atoms with Gasteiger partial charge in [-0.25, -0.2) is 43.9 Å². The summed E-state index contributed by atoms with van der Waals surface area (Å²) in [5, 5.41) is 4.86. The smallest absolute Gasteiger partial charge is 0.263 e. The van der Waals surface area contributed by atoms with Crippen LogP contribution in [-0.4, -0.2) is 16.8 Å². The van der Waals surface area contributed by atoms with Gasteiger partial charge in [0.15, 0.2) is 28.2 Å². The van der Waals surface area contributed by atoms with E-state index in [0.29, 0.717) is 0 Å². The van der Waals surface area contributed by atoms with Gasteiger partial charge in [-0.1, -0.05) is 0 Å². The Morgan fingerprint density at radius 2 is 1.15 bits per heavy atom. The van der Waals surface area contributed by atoms with Crippen LogP contribution in [0.2, 0.25) is 0 Å². The topological polar surface area (TPSA) is 118 Å². The molecule has 0 aromatic heterocycles. The van der Waals surface area contributed by atoms with Gasteiger partial charge in [-0.3, -0.25) is 0 Å². The van der Waals surface area contributed by atoms with Gasteiger partial charge in [0.05, 0.1) is 4.90 Å². The minimum Gasteiger partial charge on any atom is -0.308 e. The molecule has 0 radical (unpaired) electrons. The zero-order valence-corrected chi connectivity index (χ0v) is 13.9. The number of hydrogen-bond acceptors (Lipinski definition) is 5. The molecule has 7 nitrogen and oxygen atoms in total. The summed E-state index contributed by atoms with van der Waals surface area (Å²) < 4.78 is 112. The van der Waals surface area contributed by atoms with Crippen LogP contribution < -0.4 is 15.4 Å². The Hall–Kier alpha value is -2.29. The number of halogens is 5. The molecule has 14 heteroatoms. The lowest BCUT2D eigenvalue weighted by molar-refractivity contribution is 0.357. The molecule has 0 heterocycles. The molecule has 26 heavy (non-hydrogen) atoms. The number of rotatable bonds is 5. The number of nitrogens with two attached hydrogens (primary N) is 1. The molecule has 2 aromatic carbocycles. The fourth-order valence-electron chi connectivity index (χ4n) is 1.73. The van der Waals surface area contributed by atoms with E-state index in [4.69, 9.17) is 5.14 Å². The second-order valence-corrected chi connectivity index (χ2v) is 7.88. The fourth-order valence-corrected chi connectivity index (χ4v) is 3.25. The maximum Gasteiger partial charge on any atom is 0.263 e. The minimum atomic E-state index is -5.22. The Morgan fingerprint density at radius 3 is 1.58 bits per heavy atom. The van der Waals surface area contributed by atoms with Crippen molar-refractivity contribution in [3.8, 4) is 0 Å². The number of primary sulfonamides is 1. The van der Waals surface area contributed by atoms with Gasteiger partial charge in [0.2, 0.25) is 15.8 Å². The first-order valence-electron chi connectivity index (χ1n) is 6.28. The van der Waals surface area contributed by atoms with Crippen molar-refractivity contribution in [2.75, 3.05) is 5.43 Å². The molecule has 0 bridgehead atoms. The highest BCUT2D eigenvalue weighted by Crippen LogP contribution is 2.26. The summed E-state index contributed by atoms with van der Waals surface area (Å²) in [6.45, 7) is 0. The summed E-state index contributed by atoms with van der Waals surface area (Å²) >= 11 is 0. The molecule has 0 atom stereocenters. The third-order valence-electron chi connectivity index (χ3n) is 2.95. The summed E-state index contributed by atoms with van der Waals surface area (Å²) in [5.74, 6) is -12.4. The fraction of sp³-hybridized carbons (Fsp3) is 0. The molecule has 0 aliphatic rings. The number of nitrogens with one attached hydrogen (secondary N) is 2. The highest BCUT2D eigenvalue weighted by Gasteiger charge is 2.33. The number of anilines is 1. The van der Waals surface area contributed by atoms with Gasteiger partial charge in [0, 0.05) is 5.69 Å². The SMILES string of the molecule is NS(=O)(=O)c1ccc(NNS(=O)(=O)c2c(F)c(F)c(F)c(F)c2F)cc1. The molecule has 0 amide bonds. The van der Waals surface area contributed by atoms with Gasteiger partial charge < -0.3 is 5.43 Å². The van der Waals surface area contributed by atoms with Crippen molar-refractivity contribution in [1.82, 2.24) is 4.83 Å². The molecule has 0 aliphatic heterocycles. The predicted molar refractivity (Wildman–Crippen MR) is 78.0 cm³/mol. The number of hydrogen-bond donors (Lipinski definition) is 3. The Morgan fingerprint density at radius 1 is 0.731 bits per heavy atom. The lowest BCUT2D eigenvalue weighted by Gasteiger charge is -2.12. The largest absolute Gasteiger partial charge is 0.308 e. The Balaban J connectivity index is 2.33. The van der Waals surface area contributed by atoms with Crippen molar-refractivity contribution in [2.24, 2.45) is 5.14 Å². The van der Waals surface area contributed by atoms with Crippen molar-refractivity contribution in [2.45, 2.75) is 9.79 Å². The molecular formula is C12H8F5N3O4S2. The minimum absolute atomic E-state index is 0.121. The summed E-state index contributed by atoms with van der Waals surface area (Å²) in [6.07, 6.45) is 0. The van der Waals surface area contributed by atoms with Gasteiger partial charge in [0.1, 0.15) is 0 Å². The van der Waals surface area contributed by atoms with E-state index in [1.807, 2.05) is 5.43 Å². The van der Waals surface area contributed by atoms with Crippen LogP contribution in [0.4, 0.5) is 27.6 Å². The van der Waals surface area contributed by atoms with E-state index in [2.05, 4.69) is 0 Å². The van der Waals surface area contributed by atoms with Crippen LogP contribution >= 0.6 is 0 Å². The van der Waals surface area contributed by atoms with Crippen molar-refractivity contribution in [1.29, 1.82) is 0 Å². The van der Waals surface area contributed by atoms with E-state index < -0.39 is 54.0 Å². The number of benzene rings is 2. The standard InChI is InChI=1S/C12H8F5N3O4S2/c13-7-8(14)10(16)12(11(17)9(7)15)26(23,24)20-19-5-1-3-6(4-2-5)25(18,21)22/h1-4,19-20H,(H2,18,21,22). The van der Waals surface area contributed by atoms with Crippen LogP contribution in [0.25, 0.3) is 0 Å². The Labute approximate surface area is 143 Å². The van der Waals surface area contributed by atoms with E-state index in [1.165, 1.54) is 4.83 Å². The second kappa shape index (κ2) is 6.79. The Kier molecular flexibility index (Phi) is 5.23. The predicted octanol–water partition coefficient (Wildman–Crippen LogP) is 1.33. The molecule has 0 aliphatic carbocycles. The first-order valence-corrected chi connectivity index (χ1v) is 9.31. The van der Waals surface area contributed by atoms with Crippen LogP contribution in [0.15, 0.2) is 34.1 Å². The lowest BCUT2D eigenvalue weighted by atomic mass is 10.3. The Bertz CT molecular complexity index is 1040. The normalized spacial score (nSPS) is 12.2. The summed E-state index contributed by atoms with van der Waals surface area (Å²) in [4.78, 5) is -0.984. The summed E-state index contributed by atoms with van der Waals surface area (Å²) in [6, 6.07) is 4.01. The summed E-state index contributed by atoms with van der Waals surface area (Å²) in [5.41, 5.74) is 1.80. The number of hydrazine groups is 1. The van der Waals surface area contributed by atoms with Crippen molar-refractivity contribution in [3.63, 3.8) is 0 Å². The zero-order valence-electron chi connectivity index (χ0n) is 12.2. The van der Waals surface area contributed by atoms with Crippen LogP contribution in [0.3, 0.4) is 0 Å². The molecule has 4 N–H and O–H groups in total. The van der Waals surface area contributed by atoms with Crippen molar-refractivity contribution >= 4 is 25.7 Å². The highest BCUT2D eigenvalue weighted by molar-refractivity contribution is 7.89. The van der Waals surface area contributed by atoms with E-state index in [9.17, 15) is 38.8 Å². The zero-order chi connectivity index (χ0) is 19.9. The van der Waals surface area contributed by atoms with Crippen LogP contribution in [-0.2, 0) is 20.0 Å². The molecule has 2 rings (SSSR count). The average Bonchev–Trinajstić information content (AvgIpc) is 2.56. The van der Waals surface area contributed by atoms with Crippen LogP contribution in [0.1, 0.15) is 0 Å². The van der Waals surface area contributed by atoms with Gasteiger partial charge in [-0.05, 0) is 24.3 Å². The lowest BCUT2D eigenvalue weighted by Crippen LogP contribution is -2.31. The maximum absolute atomic E-state index is 13.6. The molecular weight excluding hydrogens is 409 g/mol. The van der Waals surface area contributed by atoms with Crippen LogP contribution in [0, 0.1) is 29.1 Å². The molecule has 0 unspecified atom stereocenters. The van der Waals surface area contributed by atoms with Crippen molar-refractivity contribution < 1.29 is 38.8 Å². The van der Waals surface area contributed by atoms with Crippen LogP contribution in [0.5, 0.6) is 0 Å². The third-order valence-corrected chi connectivity index (χ3v) is 5.15. The van der Waals surface area contributed by atoms with E-state index in [1.54, 1.807) is 0 Å². The number of sulfonamides is 2.